The van der Waals surface area contributed by atoms with E-state index in [0.717, 1.165) is 76.6 Å². The number of aromatic nitrogens is 2. The van der Waals surface area contributed by atoms with Gasteiger partial charge in [-0.15, -0.1) is 0 Å². The molecule has 0 bridgehead atoms. The Morgan fingerprint density at radius 3 is 2.48 bits per heavy atom. The second-order valence-electron chi connectivity index (χ2n) is 11.6. The van der Waals surface area contributed by atoms with Crippen molar-refractivity contribution in [1.29, 1.82) is 5.26 Å². The van der Waals surface area contributed by atoms with Gasteiger partial charge in [0.05, 0.1) is 31.0 Å². The van der Waals surface area contributed by atoms with Crippen LogP contribution in [0.5, 0.6) is 5.75 Å². The van der Waals surface area contributed by atoms with E-state index in [1.165, 1.54) is 5.69 Å². The van der Waals surface area contributed by atoms with Crippen LogP contribution < -0.4 is 15.0 Å². The molecule has 1 aromatic heterocycles. The minimum atomic E-state index is -0.0369. The smallest absolute Gasteiger partial charge is 0.236 e. The number of ether oxygens (including phenoxy) is 2. The molecule has 3 fully saturated rings. The largest absolute Gasteiger partial charge is 0.489 e. The van der Waals surface area contributed by atoms with Gasteiger partial charge in [0.15, 0.2) is 0 Å². The number of anilines is 3. The molecule has 3 aromatic rings. The molecule has 0 radical (unpaired) electrons. The lowest BCUT2D eigenvalue weighted by atomic mass is 10.1. The first kappa shape index (κ1) is 29.8. The van der Waals surface area contributed by atoms with E-state index >= 15 is 0 Å². The number of nitrogens with one attached hydrogen (secondary N) is 1. The van der Waals surface area contributed by atoms with Crippen molar-refractivity contribution in [3.63, 3.8) is 0 Å². The van der Waals surface area contributed by atoms with E-state index in [4.69, 9.17) is 14.5 Å². The molecule has 3 aliphatic heterocycles. The Kier molecular flexibility index (Phi) is 9.51. The van der Waals surface area contributed by atoms with Gasteiger partial charge in [0.25, 0.3) is 0 Å². The summed E-state index contributed by atoms with van der Waals surface area (Å²) < 4.78 is 11.7. The van der Waals surface area contributed by atoms with Crippen molar-refractivity contribution >= 4 is 23.2 Å². The molecule has 4 heterocycles. The zero-order valence-corrected chi connectivity index (χ0v) is 25.3. The molecule has 1 amide bonds. The van der Waals surface area contributed by atoms with E-state index in [1.54, 1.807) is 6.20 Å². The lowest BCUT2D eigenvalue weighted by Crippen LogP contribution is -2.50. The number of nitriles is 1. The number of rotatable bonds is 8. The van der Waals surface area contributed by atoms with Gasteiger partial charge in [-0.25, -0.2) is 9.97 Å². The van der Waals surface area contributed by atoms with E-state index in [2.05, 4.69) is 50.3 Å². The van der Waals surface area contributed by atoms with Crippen molar-refractivity contribution in [3.8, 4) is 23.1 Å². The van der Waals surface area contributed by atoms with E-state index in [0.29, 0.717) is 42.6 Å². The van der Waals surface area contributed by atoms with Crippen LogP contribution in [0.3, 0.4) is 0 Å². The molecule has 0 saturated carbocycles. The van der Waals surface area contributed by atoms with Crippen LogP contribution in [0, 0.1) is 11.3 Å². The third-order valence-electron chi connectivity index (χ3n) is 8.59. The van der Waals surface area contributed by atoms with Crippen LogP contribution in [0.1, 0.15) is 18.4 Å². The van der Waals surface area contributed by atoms with Crippen LogP contribution >= 0.6 is 0 Å². The zero-order chi connectivity index (χ0) is 30.3. The molecule has 0 unspecified atom stereocenters. The summed E-state index contributed by atoms with van der Waals surface area (Å²) in [6, 6.07) is 17.9. The second kappa shape index (κ2) is 14.0. The minimum Gasteiger partial charge on any atom is -0.489 e. The second-order valence-corrected chi connectivity index (χ2v) is 11.6. The number of piperidine rings is 1. The molecule has 6 rings (SSSR count). The standard InChI is InChI=1S/C33H40N8O3/c1-38-14-16-39(17-15-38)24-32(42)41-12-9-29(10-13-41)44-31-7-2-25(22-26(31)23-34)30-8-11-35-33(37-30)36-27-3-5-28(6-4-27)40-18-20-43-21-19-40/h2-8,11,22,29H,9-10,12-21,24H2,1H3,(H,35,36,37). The highest BCUT2D eigenvalue weighted by Gasteiger charge is 2.26. The molecule has 3 saturated heterocycles. The van der Waals surface area contributed by atoms with Crippen LogP contribution in [0.25, 0.3) is 11.3 Å². The van der Waals surface area contributed by atoms with Gasteiger partial charge < -0.3 is 29.5 Å². The number of nitrogens with zero attached hydrogens (tertiary/aromatic N) is 7. The molecule has 0 atom stereocenters. The number of piperazine rings is 1. The van der Waals surface area contributed by atoms with Gasteiger partial charge in [0.1, 0.15) is 17.9 Å². The molecule has 3 aliphatic rings. The normalized spacial score (nSPS) is 18.5. The maximum absolute atomic E-state index is 12.9. The summed E-state index contributed by atoms with van der Waals surface area (Å²) in [5, 5.41) is 13.2. The first-order valence-corrected chi connectivity index (χ1v) is 15.5. The van der Waals surface area contributed by atoms with Gasteiger partial charge >= 0.3 is 0 Å². The third kappa shape index (κ3) is 7.45. The lowest BCUT2D eigenvalue weighted by molar-refractivity contribution is -0.134. The zero-order valence-electron chi connectivity index (χ0n) is 25.3. The third-order valence-corrected chi connectivity index (χ3v) is 8.59. The predicted molar refractivity (Wildman–Crippen MR) is 169 cm³/mol. The van der Waals surface area contributed by atoms with Crippen molar-refractivity contribution < 1.29 is 14.3 Å². The lowest BCUT2D eigenvalue weighted by Gasteiger charge is -2.36. The number of carbonyl (C=O) groups is 1. The van der Waals surface area contributed by atoms with Crippen LogP contribution in [0.4, 0.5) is 17.3 Å². The highest BCUT2D eigenvalue weighted by atomic mass is 16.5. The van der Waals surface area contributed by atoms with E-state index in [1.807, 2.05) is 41.3 Å². The van der Waals surface area contributed by atoms with Crippen molar-refractivity contribution in [3.05, 3.63) is 60.3 Å². The Labute approximate surface area is 259 Å². The number of likely N-dealkylation sites (N-methyl/N-ethyl adjacent to an activating group) is 1. The number of carbonyl (C=O) groups excluding carboxylic acids is 1. The first-order chi connectivity index (χ1) is 21.5. The average molecular weight is 597 g/mol. The Hall–Kier alpha value is -4.24. The maximum Gasteiger partial charge on any atom is 0.236 e. The fraction of sp³-hybridized carbons (Fsp3) is 0.455. The first-order valence-electron chi connectivity index (χ1n) is 15.5. The average Bonchev–Trinajstić information content (AvgIpc) is 3.07. The summed E-state index contributed by atoms with van der Waals surface area (Å²) in [7, 11) is 2.12. The number of hydrogen-bond acceptors (Lipinski definition) is 10. The van der Waals surface area contributed by atoms with E-state index in [9.17, 15) is 10.1 Å². The highest BCUT2D eigenvalue weighted by molar-refractivity contribution is 5.78. The van der Waals surface area contributed by atoms with E-state index < -0.39 is 0 Å². The number of likely N-dealkylation sites (tertiary alicyclic amines) is 1. The predicted octanol–water partition coefficient (Wildman–Crippen LogP) is 3.21. The van der Waals surface area contributed by atoms with Crippen molar-refractivity contribution in [2.45, 2.75) is 18.9 Å². The van der Waals surface area contributed by atoms with Gasteiger partial charge in [-0.1, -0.05) is 0 Å². The van der Waals surface area contributed by atoms with Crippen molar-refractivity contribution in [2.75, 3.05) is 89.4 Å². The van der Waals surface area contributed by atoms with Crippen LogP contribution in [-0.4, -0.2) is 116 Å². The van der Waals surface area contributed by atoms with Crippen molar-refractivity contribution in [1.82, 2.24) is 24.7 Å². The van der Waals surface area contributed by atoms with Gasteiger partial charge in [-0.2, -0.15) is 5.26 Å². The molecule has 0 aliphatic carbocycles. The van der Waals surface area contributed by atoms with E-state index in [-0.39, 0.29) is 12.0 Å². The molecule has 0 spiro atoms. The maximum atomic E-state index is 12.9. The Morgan fingerprint density at radius 1 is 1.00 bits per heavy atom. The highest BCUT2D eigenvalue weighted by Crippen LogP contribution is 2.29. The summed E-state index contributed by atoms with van der Waals surface area (Å²) >= 11 is 0. The molecule has 230 valence electrons. The van der Waals surface area contributed by atoms with Crippen LogP contribution in [0.15, 0.2) is 54.7 Å². The molecule has 2 aromatic carbocycles. The van der Waals surface area contributed by atoms with Gasteiger partial charge in [-0.05, 0) is 55.6 Å². The Morgan fingerprint density at radius 2 is 1.75 bits per heavy atom. The number of amides is 1. The monoisotopic (exact) mass is 596 g/mol. The topological polar surface area (TPSA) is 110 Å². The molecular formula is C33H40N8O3. The molecular weight excluding hydrogens is 556 g/mol. The van der Waals surface area contributed by atoms with Gasteiger partial charge in [0, 0.05) is 88.3 Å². The summed E-state index contributed by atoms with van der Waals surface area (Å²) in [5.41, 5.74) is 4.05. The summed E-state index contributed by atoms with van der Waals surface area (Å²) in [5.74, 6) is 1.24. The number of morpholine rings is 1. The van der Waals surface area contributed by atoms with Crippen LogP contribution in [0.2, 0.25) is 0 Å². The molecule has 44 heavy (non-hydrogen) atoms. The number of hydrogen-bond donors (Lipinski definition) is 1. The summed E-state index contributed by atoms with van der Waals surface area (Å²) in [6.45, 7) is 8.99. The molecule has 11 nitrogen and oxygen atoms in total. The Balaban J connectivity index is 1.04. The minimum absolute atomic E-state index is 0.0369. The molecule has 1 N–H and O–H groups in total. The Bertz CT molecular complexity index is 1450. The van der Waals surface area contributed by atoms with Gasteiger partial charge in [-0.3, -0.25) is 9.69 Å². The quantitative estimate of drug-likeness (QED) is 0.416. The summed E-state index contributed by atoms with van der Waals surface area (Å²) in [4.78, 5) is 30.7. The fourth-order valence-corrected chi connectivity index (χ4v) is 5.87. The number of benzene rings is 2. The SMILES string of the molecule is CN1CCN(CC(=O)N2CCC(Oc3ccc(-c4ccnc(Nc5ccc(N6CCOCC6)cc5)n4)cc3C#N)CC2)CC1. The fourth-order valence-electron chi connectivity index (χ4n) is 5.87. The van der Waals surface area contributed by atoms with Gasteiger partial charge in [0.2, 0.25) is 11.9 Å². The summed E-state index contributed by atoms with van der Waals surface area (Å²) in [6.07, 6.45) is 3.16. The van der Waals surface area contributed by atoms with Crippen molar-refractivity contribution in [2.24, 2.45) is 0 Å². The van der Waals surface area contributed by atoms with Crippen LogP contribution in [-0.2, 0) is 9.53 Å². The molecule has 11 heteroatoms.